The van der Waals surface area contributed by atoms with Gasteiger partial charge in [0.15, 0.2) is 0 Å². The van der Waals surface area contributed by atoms with Crippen molar-refractivity contribution < 1.29 is 4.79 Å². The minimum atomic E-state index is -0.116. The van der Waals surface area contributed by atoms with E-state index in [0.29, 0.717) is 11.4 Å². The average molecular weight is 242 g/mol. The zero-order valence-electron chi connectivity index (χ0n) is 10.1. The average Bonchev–Trinajstić information content (AvgIpc) is 2.98. The van der Waals surface area contributed by atoms with Crippen molar-refractivity contribution in [2.75, 3.05) is 17.2 Å². The number of aryl methyl sites for hydroxylation is 1. The van der Waals surface area contributed by atoms with E-state index in [9.17, 15) is 4.79 Å². The number of nitrogens with zero attached hydrogens (tertiary/aromatic N) is 2. The molecule has 0 bridgehead atoms. The fourth-order valence-electron chi connectivity index (χ4n) is 2.12. The molecule has 1 aliphatic rings. The highest BCUT2D eigenvalue weighted by Crippen LogP contribution is 2.23. The largest absolute Gasteiger partial charge is 0.384 e. The van der Waals surface area contributed by atoms with Crippen LogP contribution in [0, 0.1) is 0 Å². The highest BCUT2D eigenvalue weighted by Gasteiger charge is 2.14. The van der Waals surface area contributed by atoms with Crippen LogP contribution in [0.5, 0.6) is 0 Å². The van der Waals surface area contributed by atoms with Crippen LogP contribution >= 0.6 is 0 Å². The Morgan fingerprint density at radius 1 is 1.44 bits per heavy atom. The second kappa shape index (κ2) is 4.18. The Balaban J connectivity index is 1.83. The second-order valence-corrected chi connectivity index (χ2v) is 4.34. The molecular formula is C13H14N4O. The summed E-state index contributed by atoms with van der Waals surface area (Å²) in [7, 11) is 1.79. The van der Waals surface area contributed by atoms with Crippen LogP contribution in [-0.2, 0) is 13.5 Å². The van der Waals surface area contributed by atoms with Crippen molar-refractivity contribution in [3.63, 3.8) is 0 Å². The topological polar surface area (TPSA) is 59.0 Å². The number of fused-ring (bicyclic) bond motifs is 1. The lowest BCUT2D eigenvalue weighted by Crippen LogP contribution is -2.14. The first-order valence-corrected chi connectivity index (χ1v) is 5.90. The van der Waals surface area contributed by atoms with E-state index in [1.807, 2.05) is 18.2 Å². The first-order valence-electron chi connectivity index (χ1n) is 5.90. The summed E-state index contributed by atoms with van der Waals surface area (Å²) in [4.78, 5) is 12.1. The summed E-state index contributed by atoms with van der Waals surface area (Å²) < 4.78 is 1.63. The molecule has 18 heavy (non-hydrogen) atoms. The number of carbonyl (C=O) groups is 1. The molecule has 1 amide bonds. The summed E-state index contributed by atoms with van der Waals surface area (Å²) >= 11 is 0. The van der Waals surface area contributed by atoms with Gasteiger partial charge in [-0.2, -0.15) is 5.10 Å². The van der Waals surface area contributed by atoms with Crippen LogP contribution in [-0.4, -0.2) is 22.2 Å². The number of hydrogen-bond donors (Lipinski definition) is 2. The molecule has 2 aromatic rings. The number of carbonyl (C=O) groups excluding carboxylic acids is 1. The van der Waals surface area contributed by atoms with Crippen LogP contribution in [0.25, 0.3) is 0 Å². The van der Waals surface area contributed by atoms with Crippen LogP contribution in [0.4, 0.5) is 11.5 Å². The van der Waals surface area contributed by atoms with E-state index in [1.165, 1.54) is 5.56 Å². The molecule has 1 aliphatic heterocycles. The van der Waals surface area contributed by atoms with E-state index in [1.54, 1.807) is 24.0 Å². The van der Waals surface area contributed by atoms with Gasteiger partial charge in [-0.1, -0.05) is 6.07 Å². The molecule has 5 heteroatoms. The fourth-order valence-corrected chi connectivity index (χ4v) is 2.12. The van der Waals surface area contributed by atoms with E-state index >= 15 is 0 Å². The molecule has 0 saturated carbocycles. The first-order chi connectivity index (χ1) is 8.74. The Morgan fingerprint density at radius 3 is 3.11 bits per heavy atom. The summed E-state index contributed by atoms with van der Waals surface area (Å²) in [5, 5.41) is 10.1. The third kappa shape index (κ3) is 1.84. The summed E-state index contributed by atoms with van der Waals surface area (Å²) in [5.74, 6) is 0.573. The van der Waals surface area contributed by atoms with Gasteiger partial charge < -0.3 is 10.6 Å². The molecule has 0 radical (unpaired) electrons. The lowest BCUT2D eigenvalue weighted by atomic mass is 10.1. The number of amides is 1. The Morgan fingerprint density at radius 2 is 2.33 bits per heavy atom. The molecule has 0 saturated heterocycles. The Labute approximate surface area is 105 Å². The van der Waals surface area contributed by atoms with E-state index in [0.717, 1.165) is 18.7 Å². The van der Waals surface area contributed by atoms with E-state index in [2.05, 4.69) is 15.7 Å². The van der Waals surface area contributed by atoms with Crippen LogP contribution < -0.4 is 10.6 Å². The van der Waals surface area contributed by atoms with Crippen molar-refractivity contribution in [1.29, 1.82) is 0 Å². The number of benzene rings is 1. The molecule has 3 rings (SSSR count). The van der Waals surface area contributed by atoms with Crippen molar-refractivity contribution in [3.05, 3.63) is 41.6 Å². The predicted octanol–water partition coefficient (Wildman–Crippen LogP) is 1.64. The highest BCUT2D eigenvalue weighted by atomic mass is 16.1. The van der Waals surface area contributed by atoms with Gasteiger partial charge in [-0.05, 0) is 24.1 Å². The smallest absolute Gasteiger partial charge is 0.256 e. The number of aromatic nitrogens is 2. The molecule has 0 atom stereocenters. The van der Waals surface area contributed by atoms with Gasteiger partial charge in [0, 0.05) is 30.9 Å². The van der Waals surface area contributed by atoms with Gasteiger partial charge in [0.05, 0.1) is 6.20 Å². The maximum atomic E-state index is 12.1. The summed E-state index contributed by atoms with van der Waals surface area (Å²) in [6.07, 6.45) is 2.68. The van der Waals surface area contributed by atoms with Gasteiger partial charge in [-0.25, -0.2) is 0 Å². The zero-order chi connectivity index (χ0) is 12.5. The molecule has 2 heterocycles. The summed E-state index contributed by atoms with van der Waals surface area (Å²) in [5.41, 5.74) is 2.99. The fraction of sp³-hybridized carbons (Fsp3) is 0.231. The van der Waals surface area contributed by atoms with Gasteiger partial charge in [0.25, 0.3) is 5.91 Å². The summed E-state index contributed by atoms with van der Waals surface area (Å²) in [6.45, 7) is 0.947. The van der Waals surface area contributed by atoms with Crippen molar-refractivity contribution in [2.24, 2.45) is 7.05 Å². The Hall–Kier alpha value is -2.30. The SMILES string of the molecule is Cn1nccc1NC(=O)c1ccc2c(c1)NCC2. The lowest BCUT2D eigenvalue weighted by Gasteiger charge is -2.07. The molecule has 1 aromatic heterocycles. The van der Waals surface area contributed by atoms with Crippen molar-refractivity contribution in [3.8, 4) is 0 Å². The normalized spacial score (nSPS) is 12.9. The van der Waals surface area contributed by atoms with Crippen LogP contribution in [0.3, 0.4) is 0 Å². The predicted molar refractivity (Wildman–Crippen MR) is 69.8 cm³/mol. The highest BCUT2D eigenvalue weighted by molar-refractivity contribution is 6.04. The minimum Gasteiger partial charge on any atom is -0.384 e. The molecule has 92 valence electrons. The van der Waals surface area contributed by atoms with E-state index in [4.69, 9.17) is 0 Å². The van der Waals surface area contributed by atoms with Gasteiger partial charge in [-0.15, -0.1) is 0 Å². The standard InChI is InChI=1S/C13H14N4O/c1-17-12(5-7-15-17)16-13(18)10-3-2-9-4-6-14-11(9)8-10/h2-3,5,7-8,14H,4,6H2,1H3,(H,16,18). The number of nitrogens with one attached hydrogen (secondary N) is 2. The number of hydrogen-bond acceptors (Lipinski definition) is 3. The van der Waals surface area contributed by atoms with Gasteiger partial charge in [-0.3, -0.25) is 9.48 Å². The molecular weight excluding hydrogens is 228 g/mol. The second-order valence-electron chi connectivity index (χ2n) is 4.34. The third-order valence-electron chi connectivity index (χ3n) is 3.14. The molecule has 0 spiro atoms. The molecule has 0 unspecified atom stereocenters. The third-order valence-corrected chi connectivity index (χ3v) is 3.14. The first kappa shape index (κ1) is 10.8. The summed E-state index contributed by atoms with van der Waals surface area (Å²) in [6, 6.07) is 7.53. The molecule has 0 fully saturated rings. The van der Waals surface area contributed by atoms with Crippen molar-refractivity contribution >= 4 is 17.4 Å². The Bertz CT molecular complexity index is 603. The number of anilines is 2. The minimum absolute atomic E-state index is 0.116. The molecule has 0 aliphatic carbocycles. The van der Waals surface area contributed by atoms with E-state index in [-0.39, 0.29) is 5.91 Å². The van der Waals surface area contributed by atoms with Crippen molar-refractivity contribution in [1.82, 2.24) is 9.78 Å². The van der Waals surface area contributed by atoms with Crippen LogP contribution in [0.15, 0.2) is 30.5 Å². The zero-order valence-corrected chi connectivity index (χ0v) is 10.1. The van der Waals surface area contributed by atoms with Crippen molar-refractivity contribution in [2.45, 2.75) is 6.42 Å². The van der Waals surface area contributed by atoms with Gasteiger partial charge in [0.2, 0.25) is 0 Å². The monoisotopic (exact) mass is 242 g/mol. The lowest BCUT2D eigenvalue weighted by molar-refractivity contribution is 0.102. The van der Waals surface area contributed by atoms with Gasteiger partial charge in [0.1, 0.15) is 5.82 Å². The van der Waals surface area contributed by atoms with E-state index < -0.39 is 0 Å². The van der Waals surface area contributed by atoms with Crippen LogP contribution in [0.1, 0.15) is 15.9 Å². The quantitative estimate of drug-likeness (QED) is 0.841. The maximum absolute atomic E-state index is 12.1. The number of rotatable bonds is 2. The molecule has 5 nitrogen and oxygen atoms in total. The Kier molecular flexibility index (Phi) is 2.51. The molecule has 2 N–H and O–H groups in total. The maximum Gasteiger partial charge on any atom is 0.256 e. The molecule has 1 aromatic carbocycles. The van der Waals surface area contributed by atoms with Crippen LogP contribution in [0.2, 0.25) is 0 Å². The van der Waals surface area contributed by atoms with Gasteiger partial charge >= 0.3 is 0 Å².